The van der Waals surface area contributed by atoms with Gasteiger partial charge in [0.25, 0.3) is 0 Å². The van der Waals surface area contributed by atoms with E-state index in [0.29, 0.717) is 12.8 Å². The van der Waals surface area contributed by atoms with Crippen LogP contribution in [0, 0.1) is 0 Å². The van der Waals surface area contributed by atoms with Gasteiger partial charge in [0.1, 0.15) is 0 Å². The Bertz CT molecular complexity index is 446. The molecule has 0 rings (SSSR count). The van der Waals surface area contributed by atoms with Crippen LogP contribution in [0.2, 0.25) is 0 Å². The molecule has 5 heteroatoms. The zero-order chi connectivity index (χ0) is 26.0. The lowest BCUT2D eigenvalue weighted by Crippen LogP contribution is -2.46. The molecule has 0 radical (unpaired) electrons. The van der Waals surface area contributed by atoms with Crippen molar-refractivity contribution in [2.45, 2.75) is 180 Å². The molecule has 35 heavy (non-hydrogen) atoms. The van der Waals surface area contributed by atoms with Gasteiger partial charge in [-0.2, -0.15) is 0 Å². The number of carbonyl (C=O) groups is 1. The van der Waals surface area contributed by atoms with Crippen molar-refractivity contribution in [3.63, 3.8) is 0 Å². The zero-order valence-electron chi connectivity index (χ0n) is 23.5. The van der Waals surface area contributed by atoms with Crippen LogP contribution in [-0.4, -0.2) is 46.1 Å². The van der Waals surface area contributed by atoms with Crippen molar-refractivity contribution in [3.8, 4) is 0 Å². The van der Waals surface area contributed by atoms with Crippen molar-refractivity contribution < 1.29 is 20.1 Å². The van der Waals surface area contributed by atoms with Crippen LogP contribution in [-0.2, 0) is 4.79 Å². The van der Waals surface area contributed by atoms with Crippen LogP contribution >= 0.6 is 0 Å². The van der Waals surface area contributed by atoms with E-state index < -0.39 is 18.2 Å². The van der Waals surface area contributed by atoms with Crippen LogP contribution in [0.5, 0.6) is 0 Å². The SMILES string of the molecule is CCCCCCCCCCCCCCCC(O)C(CO)NC(=O)CC(O)CCCCCCCCC. The molecule has 0 spiro atoms. The van der Waals surface area contributed by atoms with E-state index in [2.05, 4.69) is 19.2 Å². The summed E-state index contributed by atoms with van der Waals surface area (Å²) >= 11 is 0. The first kappa shape index (κ1) is 34.4. The van der Waals surface area contributed by atoms with E-state index in [0.717, 1.165) is 25.7 Å². The smallest absolute Gasteiger partial charge is 0.222 e. The average molecular weight is 500 g/mol. The summed E-state index contributed by atoms with van der Waals surface area (Å²) in [6.45, 7) is 4.19. The van der Waals surface area contributed by atoms with Crippen LogP contribution in [0.25, 0.3) is 0 Å². The number of amides is 1. The van der Waals surface area contributed by atoms with Gasteiger partial charge in [-0.25, -0.2) is 0 Å². The van der Waals surface area contributed by atoms with Crippen LogP contribution in [0.1, 0.15) is 162 Å². The van der Waals surface area contributed by atoms with E-state index >= 15 is 0 Å². The third kappa shape index (κ3) is 23.5. The Labute approximate surface area is 217 Å². The number of rotatable bonds is 27. The second-order valence-electron chi connectivity index (χ2n) is 10.7. The molecule has 0 aromatic rings. The van der Waals surface area contributed by atoms with E-state index in [4.69, 9.17) is 0 Å². The summed E-state index contributed by atoms with van der Waals surface area (Å²) < 4.78 is 0. The quantitative estimate of drug-likeness (QED) is 0.0900. The van der Waals surface area contributed by atoms with E-state index in [1.807, 2.05) is 0 Å². The molecule has 5 nitrogen and oxygen atoms in total. The van der Waals surface area contributed by atoms with E-state index in [1.165, 1.54) is 103 Å². The summed E-state index contributed by atoms with van der Waals surface area (Å²) in [4.78, 5) is 12.2. The molecular weight excluding hydrogens is 438 g/mol. The van der Waals surface area contributed by atoms with Gasteiger partial charge in [-0.15, -0.1) is 0 Å². The first-order valence-corrected chi connectivity index (χ1v) is 15.3. The van der Waals surface area contributed by atoms with Crippen molar-refractivity contribution >= 4 is 5.91 Å². The summed E-state index contributed by atoms with van der Waals surface area (Å²) in [5, 5.41) is 32.9. The highest BCUT2D eigenvalue weighted by molar-refractivity contribution is 5.76. The number of aliphatic hydroxyl groups is 3. The minimum atomic E-state index is -0.739. The molecule has 0 aromatic carbocycles. The fourth-order valence-electron chi connectivity index (χ4n) is 4.75. The molecule has 4 N–H and O–H groups in total. The molecule has 0 aliphatic carbocycles. The van der Waals surface area contributed by atoms with Gasteiger partial charge in [-0.05, 0) is 12.8 Å². The first-order chi connectivity index (χ1) is 17.0. The third-order valence-electron chi connectivity index (χ3n) is 7.17. The lowest BCUT2D eigenvalue weighted by atomic mass is 10.0. The van der Waals surface area contributed by atoms with Crippen LogP contribution in [0.4, 0.5) is 0 Å². The monoisotopic (exact) mass is 499 g/mol. The summed E-state index contributed by atoms with van der Waals surface area (Å²) in [5.74, 6) is -0.288. The standard InChI is InChI=1S/C30H61NO4/c1-3-5-7-9-11-12-13-14-15-16-18-20-22-24-29(34)28(26-32)31-30(35)25-27(33)23-21-19-17-10-8-6-4-2/h27-29,32-34H,3-26H2,1-2H3,(H,31,35). The van der Waals surface area contributed by atoms with Crippen molar-refractivity contribution in [2.24, 2.45) is 0 Å². The number of aliphatic hydroxyl groups excluding tert-OH is 3. The van der Waals surface area contributed by atoms with Crippen molar-refractivity contribution in [2.75, 3.05) is 6.61 Å². The Hall–Kier alpha value is -0.650. The Kier molecular flexibility index (Phi) is 25.9. The maximum absolute atomic E-state index is 12.2. The predicted octanol–water partition coefficient (Wildman–Crippen LogP) is 7.20. The zero-order valence-corrected chi connectivity index (χ0v) is 23.5. The summed E-state index contributed by atoms with van der Waals surface area (Å²) in [6, 6.07) is -0.648. The second kappa shape index (κ2) is 26.4. The topological polar surface area (TPSA) is 89.8 Å². The molecule has 0 aliphatic rings. The van der Waals surface area contributed by atoms with Gasteiger partial charge < -0.3 is 20.6 Å². The van der Waals surface area contributed by atoms with Crippen LogP contribution < -0.4 is 5.32 Å². The highest BCUT2D eigenvalue weighted by Gasteiger charge is 2.21. The highest BCUT2D eigenvalue weighted by atomic mass is 16.3. The number of carbonyl (C=O) groups excluding carboxylic acids is 1. The van der Waals surface area contributed by atoms with Gasteiger partial charge >= 0.3 is 0 Å². The summed E-state index contributed by atoms with van der Waals surface area (Å²) in [6.07, 6.45) is 24.8. The largest absolute Gasteiger partial charge is 0.394 e. The summed E-state index contributed by atoms with van der Waals surface area (Å²) in [7, 11) is 0. The normalized spacial score (nSPS) is 14.1. The van der Waals surface area contributed by atoms with Crippen molar-refractivity contribution in [3.05, 3.63) is 0 Å². The maximum Gasteiger partial charge on any atom is 0.222 e. The fourth-order valence-corrected chi connectivity index (χ4v) is 4.75. The molecule has 0 heterocycles. The van der Waals surface area contributed by atoms with Gasteiger partial charge in [0, 0.05) is 0 Å². The van der Waals surface area contributed by atoms with Gasteiger partial charge in [0.15, 0.2) is 0 Å². The van der Waals surface area contributed by atoms with Gasteiger partial charge in [-0.1, -0.05) is 142 Å². The average Bonchev–Trinajstić information content (AvgIpc) is 2.84. The number of nitrogens with one attached hydrogen (secondary N) is 1. The Morgan fingerprint density at radius 1 is 0.600 bits per heavy atom. The Balaban J connectivity index is 3.71. The molecule has 210 valence electrons. The van der Waals surface area contributed by atoms with Gasteiger partial charge in [0.2, 0.25) is 5.91 Å². The molecular formula is C30H61NO4. The van der Waals surface area contributed by atoms with Gasteiger partial charge in [-0.3, -0.25) is 4.79 Å². The lowest BCUT2D eigenvalue weighted by molar-refractivity contribution is -0.125. The predicted molar refractivity (Wildman–Crippen MR) is 149 cm³/mol. The molecule has 0 aromatic heterocycles. The first-order valence-electron chi connectivity index (χ1n) is 15.3. The molecule has 0 bridgehead atoms. The fraction of sp³-hybridized carbons (Fsp3) is 0.967. The molecule has 3 unspecified atom stereocenters. The third-order valence-corrected chi connectivity index (χ3v) is 7.17. The number of hydrogen-bond donors (Lipinski definition) is 4. The molecule has 0 saturated carbocycles. The molecule has 0 aliphatic heterocycles. The number of unbranched alkanes of at least 4 members (excludes halogenated alkanes) is 18. The minimum absolute atomic E-state index is 0.0395. The number of hydrogen-bond acceptors (Lipinski definition) is 4. The van der Waals surface area contributed by atoms with Crippen molar-refractivity contribution in [1.82, 2.24) is 5.32 Å². The van der Waals surface area contributed by atoms with Gasteiger partial charge in [0.05, 0.1) is 31.3 Å². The minimum Gasteiger partial charge on any atom is -0.394 e. The molecule has 1 amide bonds. The van der Waals surface area contributed by atoms with Crippen LogP contribution in [0.15, 0.2) is 0 Å². The van der Waals surface area contributed by atoms with Crippen LogP contribution in [0.3, 0.4) is 0 Å². The Morgan fingerprint density at radius 2 is 0.971 bits per heavy atom. The van der Waals surface area contributed by atoms with E-state index in [9.17, 15) is 20.1 Å². The highest BCUT2D eigenvalue weighted by Crippen LogP contribution is 2.15. The van der Waals surface area contributed by atoms with Crippen molar-refractivity contribution in [1.29, 1.82) is 0 Å². The molecule has 0 fully saturated rings. The maximum atomic E-state index is 12.2. The van der Waals surface area contributed by atoms with E-state index in [1.54, 1.807) is 0 Å². The molecule has 0 saturated heterocycles. The summed E-state index contributed by atoms with van der Waals surface area (Å²) in [5.41, 5.74) is 0. The van der Waals surface area contributed by atoms with E-state index in [-0.39, 0.29) is 18.9 Å². The lowest BCUT2D eigenvalue weighted by Gasteiger charge is -2.23. The Morgan fingerprint density at radius 3 is 1.37 bits per heavy atom. The second-order valence-corrected chi connectivity index (χ2v) is 10.7. The molecule has 3 atom stereocenters.